The van der Waals surface area contributed by atoms with Crippen molar-refractivity contribution in [3.63, 3.8) is 0 Å². The Morgan fingerprint density at radius 3 is 1.10 bits per heavy atom. The Morgan fingerprint density at radius 1 is 0.533 bits per heavy atom. The van der Waals surface area contributed by atoms with Crippen LogP contribution in [0.25, 0.3) is 0 Å². The third-order valence-corrected chi connectivity index (χ3v) is 14.3. The molecule has 0 fully saturated rings. The van der Waals surface area contributed by atoms with Crippen molar-refractivity contribution in [3.8, 4) is 0 Å². The Balaban J connectivity index is 1.97. The first kappa shape index (κ1) is 27.0. The molecule has 0 aliphatic carbocycles. The van der Waals surface area contributed by atoms with Crippen LogP contribution in [0.5, 0.6) is 0 Å². The van der Waals surface area contributed by atoms with Gasteiger partial charge in [-0.2, -0.15) is 0 Å². The predicted octanol–water partition coefficient (Wildman–Crippen LogP) is 9.24. The van der Waals surface area contributed by atoms with Crippen LogP contribution in [0.4, 0.5) is 0 Å². The number of benzene rings is 2. The lowest BCUT2D eigenvalue weighted by Crippen LogP contribution is -2.21. The van der Waals surface area contributed by atoms with E-state index in [2.05, 4.69) is 135 Å². The van der Waals surface area contributed by atoms with Crippen molar-refractivity contribution in [1.82, 2.24) is 0 Å². The van der Waals surface area contributed by atoms with Crippen molar-refractivity contribution in [2.75, 3.05) is 24.6 Å². The van der Waals surface area contributed by atoms with E-state index in [4.69, 9.17) is 0 Å². The molecule has 0 nitrogen and oxygen atoms in total. The van der Waals surface area contributed by atoms with Gasteiger partial charge in [-0.25, -0.2) is 0 Å². The van der Waals surface area contributed by atoms with Gasteiger partial charge in [-0.15, -0.1) is 15.8 Å². The van der Waals surface area contributed by atoms with Crippen molar-refractivity contribution >= 4 is 61.0 Å². The maximum Gasteiger partial charge on any atom is 0.0130 e. The minimum absolute atomic E-state index is 0.0313. The molecule has 2 unspecified atom stereocenters. The van der Waals surface area contributed by atoms with Crippen LogP contribution in [-0.4, -0.2) is 35.0 Å². The maximum atomic E-state index is 2.47. The minimum atomic E-state index is 0.0313. The van der Waals surface area contributed by atoms with Gasteiger partial charge >= 0.3 is 0 Å². The largest absolute Gasteiger partial charge is 0.100 e. The highest BCUT2D eigenvalue weighted by molar-refractivity contribution is 14.1. The third kappa shape index (κ3) is 9.72. The summed E-state index contributed by atoms with van der Waals surface area (Å²) in [6.07, 6.45) is 8.05. The molecule has 4 heteroatoms. The third-order valence-electron chi connectivity index (χ3n) is 5.70. The second-order valence-electron chi connectivity index (χ2n) is 10.1. The van der Waals surface area contributed by atoms with Gasteiger partial charge in [-0.05, 0) is 128 Å². The Hall–Kier alpha value is 0.760. The van der Waals surface area contributed by atoms with Crippen LogP contribution in [0.15, 0.2) is 48.5 Å². The molecule has 0 heterocycles. The Morgan fingerprint density at radius 2 is 0.833 bits per heavy atom. The minimum Gasteiger partial charge on any atom is -0.100 e. The molecule has 0 aliphatic heterocycles. The van der Waals surface area contributed by atoms with Crippen LogP contribution in [0.1, 0.15) is 52.7 Å². The fraction of sp³-hybridized carbons (Fsp3) is 0.538. The number of hydrogen-bond acceptors (Lipinski definition) is 0. The predicted molar refractivity (Wildman–Crippen MR) is 159 cm³/mol. The summed E-state index contributed by atoms with van der Waals surface area (Å²) in [4.78, 5) is 0. The van der Waals surface area contributed by atoms with Crippen LogP contribution in [0, 0.1) is 7.14 Å². The summed E-state index contributed by atoms with van der Waals surface area (Å²) >= 11 is 4.80. The molecule has 30 heavy (non-hydrogen) atoms. The zero-order chi connectivity index (χ0) is 22.4. The molecule has 0 aliphatic rings. The molecule has 0 saturated heterocycles. The number of aryl methyl sites for hydroxylation is 2. The van der Waals surface area contributed by atoms with E-state index in [9.17, 15) is 0 Å². The van der Waals surface area contributed by atoms with Gasteiger partial charge in [0.2, 0.25) is 0 Å². The van der Waals surface area contributed by atoms with E-state index in [1.165, 1.54) is 55.8 Å². The zero-order valence-electron chi connectivity index (χ0n) is 19.5. The molecule has 0 radical (unpaired) electrons. The maximum absolute atomic E-state index is 2.47. The number of halogens is 2. The summed E-state index contributed by atoms with van der Waals surface area (Å²) in [7, 11) is 0.0626. The molecule has 2 rings (SSSR count). The molecule has 2 aromatic carbocycles. The smallest absolute Gasteiger partial charge is 0.0130 e. The van der Waals surface area contributed by atoms with Crippen molar-refractivity contribution in [2.45, 2.75) is 64.7 Å². The highest BCUT2D eigenvalue weighted by Crippen LogP contribution is 2.56. The molecule has 0 amide bonds. The van der Waals surface area contributed by atoms with E-state index in [-0.39, 0.29) is 15.8 Å². The molecular weight excluding hydrogens is 628 g/mol. The second kappa shape index (κ2) is 12.3. The standard InChI is InChI=1S/C26H38I2P2/c1-25(2,3)29(17-15-21-7-11-23(27)12-8-21)19-20-30(26(4,5)6)18-16-22-9-13-24(28)14-10-22/h7-14H,15-20H2,1-6H3. The fourth-order valence-electron chi connectivity index (χ4n) is 3.64. The first-order chi connectivity index (χ1) is 13.9. The molecule has 0 saturated carbocycles. The Kier molecular flexibility index (Phi) is 11.1. The van der Waals surface area contributed by atoms with Crippen molar-refractivity contribution < 1.29 is 0 Å². The van der Waals surface area contributed by atoms with Gasteiger partial charge in [-0.3, -0.25) is 0 Å². The van der Waals surface area contributed by atoms with Gasteiger partial charge in [0.1, 0.15) is 0 Å². The highest BCUT2D eigenvalue weighted by atomic mass is 127. The first-order valence-electron chi connectivity index (χ1n) is 10.9. The average molecular weight is 666 g/mol. The van der Waals surface area contributed by atoms with E-state index in [1.54, 1.807) is 0 Å². The van der Waals surface area contributed by atoms with Crippen molar-refractivity contribution in [1.29, 1.82) is 0 Å². The summed E-state index contributed by atoms with van der Waals surface area (Å²) in [6.45, 7) is 14.8. The molecule has 0 aromatic heterocycles. The van der Waals surface area contributed by atoms with Gasteiger partial charge in [0.15, 0.2) is 0 Å². The molecule has 2 atom stereocenters. The molecule has 0 N–H and O–H groups in total. The summed E-state index contributed by atoms with van der Waals surface area (Å²) < 4.78 is 2.66. The summed E-state index contributed by atoms with van der Waals surface area (Å²) in [5.41, 5.74) is 3.01. The van der Waals surface area contributed by atoms with Crippen LogP contribution in [0.2, 0.25) is 0 Å². The second-order valence-corrected chi connectivity index (χ2v) is 19.2. The highest BCUT2D eigenvalue weighted by Gasteiger charge is 2.28. The van der Waals surface area contributed by atoms with Gasteiger partial charge in [0.05, 0.1) is 0 Å². The molecule has 0 bridgehead atoms. The van der Waals surface area contributed by atoms with E-state index in [1.807, 2.05) is 0 Å². The van der Waals surface area contributed by atoms with Crippen LogP contribution in [0.3, 0.4) is 0 Å². The zero-order valence-corrected chi connectivity index (χ0v) is 25.6. The van der Waals surface area contributed by atoms with E-state index in [0.717, 1.165) is 0 Å². The van der Waals surface area contributed by atoms with E-state index < -0.39 is 0 Å². The van der Waals surface area contributed by atoms with Gasteiger partial charge in [0, 0.05) is 7.14 Å². The van der Waals surface area contributed by atoms with Crippen molar-refractivity contribution in [3.05, 3.63) is 66.8 Å². The Labute approximate surface area is 215 Å². The average Bonchev–Trinajstić information content (AvgIpc) is 2.64. The van der Waals surface area contributed by atoms with Crippen molar-refractivity contribution in [2.24, 2.45) is 0 Å². The lowest BCUT2D eigenvalue weighted by molar-refractivity contribution is 0.769. The number of hydrogen-bond donors (Lipinski definition) is 0. The lowest BCUT2D eigenvalue weighted by Gasteiger charge is -2.37. The lowest BCUT2D eigenvalue weighted by atomic mass is 10.2. The van der Waals surface area contributed by atoms with Gasteiger partial charge < -0.3 is 0 Å². The number of rotatable bonds is 9. The van der Waals surface area contributed by atoms with E-state index >= 15 is 0 Å². The van der Waals surface area contributed by atoms with Gasteiger partial charge in [-0.1, -0.05) is 65.8 Å². The quantitative estimate of drug-likeness (QED) is 0.185. The normalized spacial score (nSPS) is 14.5. The summed E-state index contributed by atoms with van der Waals surface area (Å²) in [5, 5.41) is 0.876. The summed E-state index contributed by atoms with van der Waals surface area (Å²) in [6, 6.07) is 18.3. The molecule has 0 spiro atoms. The van der Waals surface area contributed by atoms with Crippen LogP contribution >= 0.6 is 61.0 Å². The summed E-state index contributed by atoms with van der Waals surface area (Å²) in [5.74, 6) is 0. The fourth-order valence-corrected chi connectivity index (χ4v) is 10.5. The monoisotopic (exact) mass is 666 g/mol. The Bertz CT molecular complexity index is 688. The molecule has 166 valence electrons. The van der Waals surface area contributed by atoms with Gasteiger partial charge in [0.25, 0.3) is 0 Å². The first-order valence-corrected chi connectivity index (χ1v) is 16.5. The van der Waals surface area contributed by atoms with Crippen LogP contribution in [-0.2, 0) is 12.8 Å². The van der Waals surface area contributed by atoms with E-state index in [0.29, 0.717) is 10.3 Å². The topological polar surface area (TPSA) is 0 Å². The SMILES string of the molecule is CC(C)(C)P(CCc1ccc(I)cc1)CCP(CCc1ccc(I)cc1)C(C)(C)C. The molecular formula is C26H38I2P2. The molecule has 2 aromatic rings. The van der Waals surface area contributed by atoms with Crippen LogP contribution < -0.4 is 0 Å².